The minimum absolute atomic E-state index is 0.110. The summed E-state index contributed by atoms with van der Waals surface area (Å²) in [6.45, 7) is 3.76. The van der Waals surface area contributed by atoms with Gasteiger partial charge in [0.25, 0.3) is 5.91 Å². The minimum Gasteiger partial charge on any atom is -0.333 e. The van der Waals surface area contributed by atoms with Crippen molar-refractivity contribution in [1.29, 1.82) is 0 Å². The topological polar surface area (TPSA) is 84.2 Å². The van der Waals surface area contributed by atoms with Crippen molar-refractivity contribution in [2.45, 2.75) is 25.8 Å². The third-order valence-electron chi connectivity index (χ3n) is 4.50. The summed E-state index contributed by atoms with van der Waals surface area (Å²) in [6.07, 6.45) is 8.22. The summed E-state index contributed by atoms with van der Waals surface area (Å²) in [7, 11) is 0. The third-order valence-corrected chi connectivity index (χ3v) is 4.50. The van der Waals surface area contributed by atoms with E-state index in [9.17, 15) is 9.59 Å². The van der Waals surface area contributed by atoms with E-state index in [-0.39, 0.29) is 17.9 Å². The molecule has 0 N–H and O–H groups in total. The van der Waals surface area contributed by atoms with Crippen LogP contribution in [0, 0.1) is 6.92 Å². The Kier molecular flexibility index (Phi) is 3.51. The lowest BCUT2D eigenvalue weighted by Crippen LogP contribution is -2.51. The molecule has 2 aliphatic rings. The van der Waals surface area contributed by atoms with Gasteiger partial charge in [-0.1, -0.05) is 0 Å². The Balaban J connectivity index is 1.39. The fourth-order valence-corrected chi connectivity index (χ4v) is 3.04. The maximum atomic E-state index is 12.3. The van der Waals surface area contributed by atoms with E-state index in [4.69, 9.17) is 0 Å². The molecule has 2 aromatic heterocycles. The zero-order valence-electron chi connectivity index (χ0n) is 13.4. The normalized spacial score (nSPS) is 18.1. The van der Waals surface area contributed by atoms with Gasteiger partial charge in [-0.2, -0.15) is 5.10 Å². The van der Waals surface area contributed by atoms with Gasteiger partial charge in [0.2, 0.25) is 5.91 Å². The molecule has 0 unspecified atom stereocenters. The van der Waals surface area contributed by atoms with E-state index in [1.807, 2.05) is 17.8 Å². The highest BCUT2D eigenvalue weighted by Crippen LogP contribution is 2.26. The first-order chi connectivity index (χ1) is 11.6. The average Bonchev–Trinajstić information content (AvgIpc) is 3.15. The maximum Gasteiger partial charge on any atom is 0.274 e. The SMILES string of the molecule is Cc1cnc(C(=O)N2CC(n3cc(N4CCCC4=O)cn3)C2)cn1. The van der Waals surface area contributed by atoms with Crippen LogP contribution < -0.4 is 4.90 Å². The average molecular weight is 326 g/mol. The van der Waals surface area contributed by atoms with Crippen molar-refractivity contribution in [3.8, 4) is 0 Å². The van der Waals surface area contributed by atoms with E-state index < -0.39 is 0 Å². The number of rotatable bonds is 3. The first-order valence-electron chi connectivity index (χ1n) is 8.04. The largest absolute Gasteiger partial charge is 0.333 e. The molecule has 4 heterocycles. The first kappa shape index (κ1) is 14.8. The first-order valence-corrected chi connectivity index (χ1v) is 8.04. The van der Waals surface area contributed by atoms with Crippen molar-refractivity contribution in [2.75, 3.05) is 24.5 Å². The van der Waals surface area contributed by atoms with Gasteiger partial charge >= 0.3 is 0 Å². The number of anilines is 1. The quantitative estimate of drug-likeness (QED) is 0.833. The molecule has 0 aliphatic carbocycles. The molecule has 2 aromatic rings. The number of carbonyl (C=O) groups excluding carboxylic acids is 2. The Morgan fingerprint density at radius 3 is 2.71 bits per heavy atom. The summed E-state index contributed by atoms with van der Waals surface area (Å²) in [4.78, 5) is 35.8. The van der Waals surface area contributed by atoms with E-state index in [2.05, 4.69) is 15.1 Å². The molecule has 8 heteroatoms. The third kappa shape index (κ3) is 2.53. The minimum atomic E-state index is -0.110. The molecule has 0 saturated carbocycles. The van der Waals surface area contributed by atoms with E-state index in [0.29, 0.717) is 25.2 Å². The van der Waals surface area contributed by atoms with Gasteiger partial charge in [-0.25, -0.2) is 4.98 Å². The molecule has 0 radical (unpaired) electrons. The van der Waals surface area contributed by atoms with Gasteiger partial charge in [0.05, 0.1) is 29.8 Å². The van der Waals surface area contributed by atoms with Crippen molar-refractivity contribution >= 4 is 17.5 Å². The van der Waals surface area contributed by atoms with Crippen LogP contribution in [0.3, 0.4) is 0 Å². The van der Waals surface area contributed by atoms with Crippen LogP contribution in [-0.2, 0) is 4.79 Å². The van der Waals surface area contributed by atoms with Crippen LogP contribution in [0.1, 0.15) is 35.1 Å². The predicted octanol–water partition coefficient (Wildman–Crippen LogP) is 0.805. The molecular formula is C16H18N6O2. The molecule has 8 nitrogen and oxygen atoms in total. The Hall–Kier alpha value is -2.77. The number of hydrogen-bond donors (Lipinski definition) is 0. The second-order valence-electron chi connectivity index (χ2n) is 6.23. The second-order valence-corrected chi connectivity index (χ2v) is 6.23. The van der Waals surface area contributed by atoms with Gasteiger partial charge in [-0.15, -0.1) is 0 Å². The van der Waals surface area contributed by atoms with Gasteiger partial charge in [-0.3, -0.25) is 19.3 Å². The highest BCUT2D eigenvalue weighted by Gasteiger charge is 2.34. The molecule has 2 saturated heterocycles. The van der Waals surface area contributed by atoms with Gasteiger partial charge in [0, 0.05) is 38.4 Å². The van der Waals surface area contributed by atoms with Crippen molar-refractivity contribution in [2.24, 2.45) is 0 Å². The van der Waals surface area contributed by atoms with Crippen molar-refractivity contribution < 1.29 is 9.59 Å². The van der Waals surface area contributed by atoms with Gasteiger partial charge < -0.3 is 9.80 Å². The van der Waals surface area contributed by atoms with Crippen LogP contribution in [0.5, 0.6) is 0 Å². The van der Waals surface area contributed by atoms with Crippen molar-refractivity contribution in [1.82, 2.24) is 24.6 Å². The molecule has 0 aromatic carbocycles. The molecule has 0 atom stereocenters. The van der Waals surface area contributed by atoms with E-state index >= 15 is 0 Å². The summed E-state index contributed by atoms with van der Waals surface area (Å²) in [5, 5.41) is 4.35. The summed E-state index contributed by atoms with van der Waals surface area (Å²) in [5.41, 5.74) is 1.99. The van der Waals surface area contributed by atoms with E-state index in [1.54, 1.807) is 22.2 Å². The number of hydrogen-bond acceptors (Lipinski definition) is 5. The van der Waals surface area contributed by atoms with Gasteiger partial charge in [0.1, 0.15) is 5.69 Å². The summed E-state index contributed by atoms with van der Waals surface area (Å²) < 4.78 is 1.84. The number of aryl methyl sites for hydroxylation is 1. The second kappa shape index (κ2) is 5.70. The lowest BCUT2D eigenvalue weighted by Gasteiger charge is -2.38. The lowest BCUT2D eigenvalue weighted by atomic mass is 10.1. The zero-order valence-corrected chi connectivity index (χ0v) is 13.4. The number of likely N-dealkylation sites (tertiary alicyclic amines) is 1. The van der Waals surface area contributed by atoms with Crippen molar-refractivity contribution in [3.05, 3.63) is 36.2 Å². The van der Waals surface area contributed by atoms with Crippen LogP contribution in [0.2, 0.25) is 0 Å². The van der Waals surface area contributed by atoms with Crippen LogP contribution in [0.25, 0.3) is 0 Å². The summed E-state index contributed by atoms with van der Waals surface area (Å²) in [5.74, 6) is 0.0405. The fraction of sp³-hybridized carbons (Fsp3) is 0.438. The molecule has 2 aliphatic heterocycles. The van der Waals surface area contributed by atoms with Crippen LogP contribution >= 0.6 is 0 Å². The molecule has 4 rings (SSSR count). The van der Waals surface area contributed by atoms with Crippen LogP contribution in [0.4, 0.5) is 5.69 Å². The maximum absolute atomic E-state index is 12.3. The molecule has 24 heavy (non-hydrogen) atoms. The molecule has 124 valence electrons. The van der Waals surface area contributed by atoms with Crippen molar-refractivity contribution in [3.63, 3.8) is 0 Å². The molecule has 2 amide bonds. The Bertz CT molecular complexity index is 778. The molecule has 2 fully saturated rings. The van der Waals surface area contributed by atoms with Crippen LogP contribution in [-0.4, -0.2) is 56.1 Å². The highest BCUT2D eigenvalue weighted by molar-refractivity contribution is 5.95. The Morgan fingerprint density at radius 2 is 2.04 bits per heavy atom. The predicted molar refractivity (Wildman–Crippen MR) is 85.5 cm³/mol. The Labute approximate surface area is 139 Å². The molecule has 0 spiro atoms. The zero-order chi connectivity index (χ0) is 16.7. The number of aromatic nitrogens is 4. The smallest absolute Gasteiger partial charge is 0.274 e. The molecule has 0 bridgehead atoms. The van der Waals surface area contributed by atoms with Crippen LogP contribution in [0.15, 0.2) is 24.8 Å². The highest BCUT2D eigenvalue weighted by atomic mass is 16.2. The molecular weight excluding hydrogens is 308 g/mol. The van der Waals surface area contributed by atoms with E-state index in [1.165, 1.54) is 6.20 Å². The standard InChI is InChI=1S/C16H18N6O2/c1-11-5-18-14(7-17-11)16(24)20-8-13(9-20)22-10-12(6-19-22)21-4-2-3-15(21)23/h5-7,10,13H,2-4,8-9H2,1H3. The summed E-state index contributed by atoms with van der Waals surface area (Å²) >= 11 is 0. The van der Waals surface area contributed by atoms with Gasteiger partial charge in [-0.05, 0) is 13.3 Å². The number of carbonyl (C=O) groups is 2. The monoisotopic (exact) mass is 326 g/mol. The number of nitrogens with zero attached hydrogens (tertiary/aromatic N) is 6. The summed E-state index contributed by atoms with van der Waals surface area (Å²) in [6, 6.07) is 0.138. The lowest BCUT2D eigenvalue weighted by molar-refractivity contribution is -0.117. The number of amides is 2. The van der Waals surface area contributed by atoms with Gasteiger partial charge in [0.15, 0.2) is 0 Å². The van der Waals surface area contributed by atoms with E-state index in [0.717, 1.165) is 24.3 Å². The fourth-order valence-electron chi connectivity index (χ4n) is 3.04. The Morgan fingerprint density at radius 1 is 1.21 bits per heavy atom.